The second kappa shape index (κ2) is 4.01. The lowest BCUT2D eigenvalue weighted by Crippen LogP contribution is -2.17. The van der Waals surface area contributed by atoms with Crippen LogP contribution in [0.15, 0.2) is 9.21 Å². The van der Waals surface area contributed by atoms with Crippen molar-refractivity contribution in [1.29, 1.82) is 0 Å². The average molecular weight is 208 g/mol. The van der Waals surface area contributed by atoms with Crippen molar-refractivity contribution >= 4 is 5.78 Å². The normalized spacial score (nSPS) is 12.6. The molecule has 0 saturated heterocycles. The molecule has 1 atom stereocenters. The second-order valence-electron chi connectivity index (χ2n) is 3.93. The molecule has 1 aromatic heterocycles. The van der Waals surface area contributed by atoms with Crippen LogP contribution >= 0.6 is 0 Å². The molecule has 1 rings (SSSR count). The zero-order chi connectivity index (χ0) is 11.7. The fourth-order valence-corrected chi connectivity index (χ4v) is 1.47. The minimum absolute atomic E-state index is 0.00417. The summed E-state index contributed by atoms with van der Waals surface area (Å²) in [6.45, 7) is 8.43. The van der Waals surface area contributed by atoms with Gasteiger partial charge in [-0.2, -0.15) is 0 Å². The quantitative estimate of drug-likeness (QED) is 0.749. The standard InChI is InChI=1S/C12H16O3/c1-6(9(4)13)12-8(3)11(14)7(2)10(5)15-12/h6H,1-5H3/t6-/m0/s1. The molecule has 0 spiro atoms. The number of rotatable bonds is 2. The maximum Gasteiger partial charge on any atom is 0.191 e. The third-order valence-corrected chi connectivity index (χ3v) is 2.85. The van der Waals surface area contributed by atoms with Crippen molar-refractivity contribution in [3.05, 3.63) is 32.9 Å². The van der Waals surface area contributed by atoms with Crippen LogP contribution in [-0.4, -0.2) is 5.78 Å². The van der Waals surface area contributed by atoms with Crippen molar-refractivity contribution in [2.45, 2.75) is 40.5 Å². The largest absolute Gasteiger partial charge is 0.465 e. The molecule has 1 aromatic rings. The number of hydrogen-bond donors (Lipinski definition) is 0. The molecule has 0 aliphatic heterocycles. The Morgan fingerprint density at radius 3 is 2.20 bits per heavy atom. The average Bonchev–Trinajstić information content (AvgIpc) is 2.19. The van der Waals surface area contributed by atoms with E-state index in [-0.39, 0.29) is 17.1 Å². The summed E-state index contributed by atoms with van der Waals surface area (Å²) in [5, 5.41) is 0. The third kappa shape index (κ3) is 2.01. The van der Waals surface area contributed by atoms with Crippen LogP contribution in [0.1, 0.15) is 42.4 Å². The van der Waals surface area contributed by atoms with E-state index >= 15 is 0 Å². The maximum absolute atomic E-state index is 11.8. The predicted octanol–water partition coefficient (Wildman–Crippen LogP) is 2.26. The van der Waals surface area contributed by atoms with Crippen molar-refractivity contribution in [2.75, 3.05) is 0 Å². The van der Waals surface area contributed by atoms with Crippen LogP contribution in [0.2, 0.25) is 0 Å². The van der Waals surface area contributed by atoms with Gasteiger partial charge in [0.2, 0.25) is 0 Å². The highest BCUT2D eigenvalue weighted by atomic mass is 16.3. The highest BCUT2D eigenvalue weighted by molar-refractivity contribution is 5.82. The lowest BCUT2D eigenvalue weighted by atomic mass is 9.99. The molecule has 0 amide bonds. The van der Waals surface area contributed by atoms with Crippen LogP contribution in [0.5, 0.6) is 0 Å². The van der Waals surface area contributed by atoms with Crippen LogP contribution in [-0.2, 0) is 4.79 Å². The molecule has 0 radical (unpaired) electrons. The highest BCUT2D eigenvalue weighted by Gasteiger charge is 2.19. The fraction of sp³-hybridized carbons (Fsp3) is 0.500. The van der Waals surface area contributed by atoms with E-state index < -0.39 is 0 Å². The molecule has 0 bridgehead atoms. The maximum atomic E-state index is 11.8. The van der Waals surface area contributed by atoms with Crippen molar-refractivity contribution < 1.29 is 9.21 Å². The van der Waals surface area contributed by atoms with Gasteiger partial charge in [-0.05, 0) is 34.6 Å². The first kappa shape index (κ1) is 11.7. The molecule has 3 nitrogen and oxygen atoms in total. The zero-order valence-corrected chi connectivity index (χ0v) is 9.80. The van der Waals surface area contributed by atoms with Gasteiger partial charge in [0.05, 0.1) is 5.92 Å². The molecule has 0 saturated carbocycles. The summed E-state index contributed by atoms with van der Waals surface area (Å²) in [4.78, 5) is 23.0. The molecule has 0 N–H and O–H groups in total. The van der Waals surface area contributed by atoms with E-state index in [2.05, 4.69) is 0 Å². The van der Waals surface area contributed by atoms with E-state index in [1.54, 1.807) is 27.7 Å². The minimum atomic E-state index is -0.350. The molecule has 15 heavy (non-hydrogen) atoms. The molecule has 1 heterocycles. The molecule has 82 valence electrons. The zero-order valence-electron chi connectivity index (χ0n) is 9.80. The molecule has 0 aliphatic rings. The lowest BCUT2D eigenvalue weighted by molar-refractivity contribution is -0.118. The number of Topliss-reactive ketones (excluding diaryl/α,β-unsaturated/α-hetero) is 1. The highest BCUT2D eigenvalue weighted by Crippen LogP contribution is 2.20. The Morgan fingerprint density at radius 2 is 1.73 bits per heavy atom. The molecular formula is C12H16O3. The van der Waals surface area contributed by atoms with Gasteiger partial charge in [0.1, 0.15) is 17.3 Å². The third-order valence-electron chi connectivity index (χ3n) is 2.85. The molecule has 0 aliphatic carbocycles. The number of carbonyl (C=O) groups is 1. The van der Waals surface area contributed by atoms with Gasteiger partial charge in [-0.1, -0.05) is 0 Å². The van der Waals surface area contributed by atoms with Gasteiger partial charge in [-0.3, -0.25) is 9.59 Å². The topological polar surface area (TPSA) is 47.3 Å². The number of aryl methyl sites for hydroxylation is 1. The summed E-state index contributed by atoms with van der Waals surface area (Å²) in [6.07, 6.45) is 0. The molecule has 3 heteroatoms. The SMILES string of the molecule is CC(=O)[C@H](C)c1oc(C)c(C)c(=O)c1C. The van der Waals surface area contributed by atoms with Crippen molar-refractivity contribution in [1.82, 2.24) is 0 Å². The van der Waals surface area contributed by atoms with Crippen molar-refractivity contribution in [3.63, 3.8) is 0 Å². The van der Waals surface area contributed by atoms with E-state index in [0.717, 1.165) is 0 Å². The van der Waals surface area contributed by atoms with Crippen molar-refractivity contribution in [2.24, 2.45) is 0 Å². The summed E-state index contributed by atoms with van der Waals surface area (Å²) in [7, 11) is 0. The monoisotopic (exact) mass is 208 g/mol. The molecular weight excluding hydrogens is 192 g/mol. The van der Waals surface area contributed by atoms with Gasteiger partial charge in [0.15, 0.2) is 5.43 Å². The summed E-state index contributed by atoms with van der Waals surface area (Å²) < 4.78 is 5.52. The Kier molecular flexibility index (Phi) is 3.12. The van der Waals surface area contributed by atoms with Gasteiger partial charge < -0.3 is 4.42 Å². The fourth-order valence-electron chi connectivity index (χ4n) is 1.47. The van der Waals surface area contributed by atoms with E-state index in [9.17, 15) is 9.59 Å². The Morgan fingerprint density at radius 1 is 1.20 bits per heavy atom. The lowest BCUT2D eigenvalue weighted by Gasteiger charge is -2.11. The minimum Gasteiger partial charge on any atom is -0.465 e. The number of carbonyl (C=O) groups excluding carboxylic acids is 1. The first-order valence-corrected chi connectivity index (χ1v) is 4.97. The predicted molar refractivity (Wildman–Crippen MR) is 58.3 cm³/mol. The van der Waals surface area contributed by atoms with Crippen LogP contribution in [0.3, 0.4) is 0 Å². The van der Waals surface area contributed by atoms with E-state index in [1.807, 2.05) is 0 Å². The molecule has 0 fully saturated rings. The number of ketones is 1. The van der Waals surface area contributed by atoms with Crippen LogP contribution in [0, 0.1) is 20.8 Å². The van der Waals surface area contributed by atoms with Crippen LogP contribution in [0.4, 0.5) is 0 Å². The van der Waals surface area contributed by atoms with Gasteiger partial charge >= 0.3 is 0 Å². The van der Waals surface area contributed by atoms with Gasteiger partial charge in [-0.15, -0.1) is 0 Å². The van der Waals surface area contributed by atoms with Gasteiger partial charge in [0.25, 0.3) is 0 Å². The summed E-state index contributed by atoms with van der Waals surface area (Å²) in [5.74, 6) is 0.741. The van der Waals surface area contributed by atoms with E-state index in [4.69, 9.17) is 4.42 Å². The first-order valence-electron chi connectivity index (χ1n) is 4.97. The number of hydrogen-bond acceptors (Lipinski definition) is 3. The second-order valence-corrected chi connectivity index (χ2v) is 3.93. The smallest absolute Gasteiger partial charge is 0.191 e. The van der Waals surface area contributed by atoms with Crippen LogP contribution in [0.25, 0.3) is 0 Å². The molecule has 0 unspecified atom stereocenters. The van der Waals surface area contributed by atoms with Gasteiger partial charge in [-0.25, -0.2) is 0 Å². The summed E-state index contributed by atoms with van der Waals surface area (Å²) in [6, 6.07) is 0. The van der Waals surface area contributed by atoms with E-state index in [0.29, 0.717) is 22.6 Å². The first-order chi connectivity index (χ1) is 6.86. The van der Waals surface area contributed by atoms with E-state index in [1.165, 1.54) is 6.92 Å². The Hall–Kier alpha value is -1.38. The Labute approximate surface area is 89.1 Å². The Bertz CT molecular complexity index is 455. The Balaban J connectivity index is 3.45. The summed E-state index contributed by atoms with van der Waals surface area (Å²) >= 11 is 0. The van der Waals surface area contributed by atoms with Crippen molar-refractivity contribution in [3.8, 4) is 0 Å². The summed E-state index contributed by atoms with van der Waals surface area (Å²) in [5.41, 5.74) is 1.13. The molecule has 0 aromatic carbocycles. The van der Waals surface area contributed by atoms with Crippen LogP contribution < -0.4 is 5.43 Å². The van der Waals surface area contributed by atoms with Gasteiger partial charge in [0, 0.05) is 11.1 Å².